The van der Waals surface area contributed by atoms with Crippen molar-refractivity contribution in [2.75, 3.05) is 6.61 Å². The van der Waals surface area contributed by atoms with Gasteiger partial charge in [-0.25, -0.2) is 0 Å². The normalized spacial score (nSPS) is 18.0. The quantitative estimate of drug-likeness (QED) is 0.746. The molecule has 2 aromatic carbocycles. The van der Waals surface area contributed by atoms with Crippen LogP contribution in [-0.2, 0) is 6.42 Å². The van der Waals surface area contributed by atoms with Gasteiger partial charge in [0.05, 0.1) is 6.61 Å². The van der Waals surface area contributed by atoms with Crippen molar-refractivity contribution in [2.24, 2.45) is 0 Å². The van der Waals surface area contributed by atoms with E-state index >= 15 is 0 Å². The van der Waals surface area contributed by atoms with E-state index in [4.69, 9.17) is 4.74 Å². The summed E-state index contributed by atoms with van der Waals surface area (Å²) in [5, 5.41) is 0. The third kappa shape index (κ3) is 2.02. The summed E-state index contributed by atoms with van der Waals surface area (Å²) in [7, 11) is 0. The Kier molecular flexibility index (Phi) is 2.99. The molecule has 2 aliphatic rings. The Bertz CT molecular complexity index is 609. The zero-order valence-corrected chi connectivity index (χ0v) is 11.8. The molecule has 1 fully saturated rings. The molecule has 1 heteroatoms. The highest BCUT2D eigenvalue weighted by atomic mass is 16.5. The molecule has 0 N–H and O–H groups in total. The Balaban J connectivity index is 1.84. The van der Waals surface area contributed by atoms with Gasteiger partial charge in [0.25, 0.3) is 0 Å². The summed E-state index contributed by atoms with van der Waals surface area (Å²) in [6.07, 6.45) is 6.55. The van der Waals surface area contributed by atoms with Gasteiger partial charge in [-0.1, -0.05) is 49.2 Å². The van der Waals surface area contributed by atoms with Gasteiger partial charge in [0.2, 0.25) is 0 Å². The minimum Gasteiger partial charge on any atom is -0.492 e. The van der Waals surface area contributed by atoms with Gasteiger partial charge < -0.3 is 4.74 Å². The largest absolute Gasteiger partial charge is 0.492 e. The van der Waals surface area contributed by atoms with Gasteiger partial charge in [0.15, 0.2) is 0 Å². The molecule has 0 bridgehead atoms. The van der Waals surface area contributed by atoms with Crippen molar-refractivity contribution in [1.82, 2.24) is 0 Å². The molecular weight excluding hydrogens is 244 g/mol. The number of hydrogen-bond donors (Lipinski definition) is 0. The van der Waals surface area contributed by atoms with Crippen LogP contribution < -0.4 is 4.74 Å². The minimum absolute atomic E-state index is 0.767. The topological polar surface area (TPSA) is 9.23 Å². The summed E-state index contributed by atoms with van der Waals surface area (Å²) in [6.45, 7) is 0.837. The van der Waals surface area contributed by atoms with Crippen LogP contribution in [-0.4, -0.2) is 6.61 Å². The number of rotatable bonds is 2. The summed E-state index contributed by atoms with van der Waals surface area (Å²) in [5.41, 5.74) is 5.52. The Morgan fingerprint density at radius 3 is 2.55 bits per heavy atom. The van der Waals surface area contributed by atoms with Crippen LogP contribution in [0.3, 0.4) is 0 Å². The second kappa shape index (κ2) is 4.97. The van der Waals surface area contributed by atoms with Crippen LogP contribution in [0.4, 0.5) is 0 Å². The number of benzene rings is 2. The van der Waals surface area contributed by atoms with Crippen LogP contribution in [0.2, 0.25) is 0 Å². The zero-order chi connectivity index (χ0) is 13.4. The van der Waals surface area contributed by atoms with E-state index in [9.17, 15) is 0 Å². The summed E-state index contributed by atoms with van der Waals surface area (Å²) < 4.78 is 5.90. The molecule has 1 saturated carbocycles. The maximum atomic E-state index is 5.90. The smallest absolute Gasteiger partial charge is 0.130 e. The second-order valence-electron chi connectivity index (χ2n) is 6.00. The lowest BCUT2D eigenvalue weighted by atomic mass is 9.91. The SMILES string of the molecule is c1ccc(-c2cc(C3CCCC3)cc3c2OCC3)cc1. The van der Waals surface area contributed by atoms with Crippen molar-refractivity contribution < 1.29 is 4.74 Å². The molecule has 0 spiro atoms. The van der Waals surface area contributed by atoms with Gasteiger partial charge in [-0.05, 0) is 41.5 Å². The van der Waals surface area contributed by atoms with Crippen LogP contribution >= 0.6 is 0 Å². The zero-order valence-electron chi connectivity index (χ0n) is 11.8. The highest BCUT2D eigenvalue weighted by Crippen LogP contribution is 2.42. The molecule has 20 heavy (non-hydrogen) atoms. The van der Waals surface area contributed by atoms with Crippen LogP contribution in [0, 0.1) is 0 Å². The third-order valence-electron chi connectivity index (χ3n) is 4.72. The molecule has 0 radical (unpaired) electrons. The van der Waals surface area contributed by atoms with Crippen molar-refractivity contribution in [3.05, 3.63) is 53.6 Å². The first-order valence-corrected chi connectivity index (χ1v) is 7.77. The van der Waals surface area contributed by atoms with Crippen molar-refractivity contribution in [2.45, 2.75) is 38.0 Å². The van der Waals surface area contributed by atoms with Crippen molar-refractivity contribution in [3.63, 3.8) is 0 Å². The van der Waals surface area contributed by atoms with E-state index in [1.807, 2.05) is 0 Å². The molecule has 0 unspecified atom stereocenters. The maximum absolute atomic E-state index is 5.90. The standard InChI is InChI=1S/C19H20O/c1-2-8-15(9-3-1)18-13-17(14-6-4-5-7-14)12-16-10-11-20-19(16)18/h1-3,8-9,12-14H,4-7,10-11H2. The van der Waals surface area contributed by atoms with E-state index in [1.165, 1.54) is 47.9 Å². The Morgan fingerprint density at radius 1 is 0.950 bits per heavy atom. The summed E-state index contributed by atoms with van der Waals surface area (Å²) in [4.78, 5) is 0. The lowest BCUT2D eigenvalue weighted by molar-refractivity contribution is 0.358. The first kappa shape index (κ1) is 12.0. The van der Waals surface area contributed by atoms with Crippen LogP contribution in [0.25, 0.3) is 11.1 Å². The summed E-state index contributed by atoms with van der Waals surface area (Å²) in [5.74, 6) is 1.89. The molecule has 1 aliphatic heterocycles. The van der Waals surface area contributed by atoms with Gasteiger partial charge >= 0.3 is 0 Å². The molecule has 0 saturated heterocycles. The lowest BCUT2D eigenvalue weighted by Crippen LogP contribution is -1.95. The first-order valence-electron chi connectivity index (χ1n) is 7.77. The molecule has 4 rings (SSSR count). The van der Waals surface area contributed by atoms with Gasteiger partial charge in [0.1, 0.15) is 5.75 Å². The van der Waals surface area contributed by atoms with E-state index in [1.54, 1.807) is 0 Å². The molecule has 0 aromatic heterocycles. The van der Waals surface area contributed by atoms with Crippen molar-refractivity contribution in [1.29, 1.82) is 0 Å². The fraction of sp³-hybridized carbons (Fsp3) is 0.368. The summed E-state index contributed by atoms with van der Waals surface area (Å²) >= 11 is 0. The summed E-state index contributed by atoms with van der Waals surface area (Å²) in [6, 6.07) is 15.5. The lowest BCUT2D eigenvalue weighted by Gasteiger charge is -2.15. The maximum Gasteiger partial charge on any atom is 0.130 e. The van der Waals surface area contributed by atoms with Crippen LogP contribution in [0.15, 0.2) is 42.5 Å². The Hall–Kier alpha value is -1.76. The van der Waals surface area contributed by atoms with E-state index in [0.717, 1.165) is 24.7 Å². The average Bonchev–Trinajstić information content (AvgIpc) is 3.18. The van der Waals surface area contributed by atoms with Crippen molar-refractivity contribution >= 4 is 0 Å². The van der Waals surface area contributed by atoms with Crippen LogP contribution in [0.5, 0.6) is 5.75 Å². The number of ether oxygens (including phenoxy) is 1. The number of fused-ring (bicyclic) bond motifs is 1. The van der Waals surface area contributed by atoms with E-state index < -0.39 is 0 Å². The van der Waals surface area contributed by atoms with E-state index in [0.29, 0.717) is 0 Å². The van der Waals surface area contributed by atoms with E-state index in [2.05, 4.69) is 42.5 Å². The molecule has 1 aliphatic carbocycles. The molecule has 1 nitrogen and oxygen atoms in total. The van der Waals surface area contributed by atoms with Gasteiger partial charge in [-0.2, -0.15) is 0 Å². The fourth-order valence-corrected chi connectivity index (χ4v) is 3.66. The van der Waals surface area contributed by atoms with Gasteiger partial charge in [-0.3, -0.25) is 0 Å². The molecule has 2 aromatic rings. The molecule has 0 atom stereocenters. The molecule has 0 amide bonds. The molecule has 1 heterocycles. The van der Waals surface area contributed by atoms with Crippen molar-refractivity contribution in [3.8, 4) is 16.9 Å². The third-order valence-corrected chi connectivity index (χ3v) is 4.72. The predicted molar refractivity (Wildman–Crippen MR) is 82.3 cm³/mol. The van der Waals surface area contributed by atoms with Gasteiger partial charge in [0, 0.05) is 12.0 Å². The minimum atomic E-state index is 0.767. The second-order valence-corrected chi connectivity index (χ2v) is 6.00. The predicted octanol–water partition coefficient (Wildman–Crippen LogP) is 4.95. The number of hydrogen-bond acceptors (Lipinski definition) is 1. The molecule has 102 valence electrons. The van der Waals surface area contributed by atoms with Crippen LogP contribution in [0.1, 0.15) is 42.7 Å². The van der Waals surface area contributed by atoms with Gasteiger partial charge in [-0.15, -0.1) is 0 Å². The first-order chi connectivity index (χ1) is 9.92. The highest BCUT2D eigenvalue weighted by molar-refractivity contribution is 5.74. The Morgan fingerprint density at radius 2 is 1.75 bits per heavy atom. The monoisotopic (exact) mass is 264 g/mol. The Labute approximate surface area is 120 Å². The molecular formula is C19H20O. The van der Waals surface area contributed by atoms with E-state index in [-0.39, 0.29) is 0 Å². The highest BCUT2D eigenvalue weighted by Gasteiger charge is 2.23. The average molecular weight is 264 g/mol. The fourth-order valence-electron chi connectivity index (χ4n) is 3.66.